The Hall–Kier alpha value is -0.690. The van der Waals surface area contributed by atoms with E-state index in [-0.39, 0.29) is 6.61 Å². The highest BCUT2D eigenvalue weighted by atomic mass is 16.8. The minimum absolute atomic E-state index is 0.0106. The SMILES string of the molecule is CC(=O)OC[C@H]1O[C@H]2OC(C)(C)OC2C1O. The maximum Gasteiger partial charge on any atom is 0.302 e. The monoisotopic (exact) mass is 232 g/mol. The summed E-state index contributed by atoms with van der Waals surface area (Å²) >= 11 is 0. The summed E-state index contributed by atoms with van der Waals surface area (Å²) in [5.74, 6) is -1.15. The van der Waals surface area contributed by atoms with E-state index in [4.69, 9.17) is 18.9 Å². The van der Waals surface area contributed by atoms with Gasteiger partial charge in [-0.15, -0.1) is 0 Å². The van der Waals surface area contributed by atoms with Gasteiger partial charge in [0, 0.05) is 6.92 Å². The van der Waals surface area contributed by atoms with Gasteiger partial charge in [-0.3, -0.25) is 4.79 Å². The first-order chi connectivity index (χ1) is 7.39. The molecule has 0 aromatic rings. The average molecular weight is 232 g/mol. The fraction of sp³-hybridized carbons (Fsp3) is 0.900. The second kappa shape index (κ2) is 3.96. The Morgan fingerprint density at radius 3 is 2.69 bits per heavy atom. The van der Waals surface area contributed by atoms with Crippen LogP contribution >= 0.6 is 0 Å². The molecule has 2 unspecified atom stereocenters. The predicted octanol–water partition coefficient (Wildman–Crippen LogP) is -0.213. The molecule has 6 heteroatoms. The van der Waals surface area contributed by atoms with Gasteiger partial charge in [0.2, 0.25) is 0 Å². The molecule has 0 saturated carbocycles. The van der Waals surface area contributed by atoms with Gasteiger partial charge in [0.05, 0.1) is 0 Å². The standard InChI is InChI=1S/C10H16O6/c1-5(11)13-4-6-7(12)8-9(14-6)16-10(2,3)15-8/h6-9,12H,4H2,1-3H3/t6-,7?,8?,9+/m1/s1. The Balaban J connectivity index is 1.92. The van der Waals surface area contributed by atoms with Crippen LogP contribution in [0.15, 0.2) is 0 Å². The molecule has 2 fully saturated rings. The third-order valence-corrected chi connectivity index (χ3v) is 2.57. The number of fused-ring (bicyclic) bond motifs is 1. The number of carbonyl (C=O) groups excluding carboxylic acids is 1. The molecular weight excluding hydrogens is 216 g/mol. The molecular formula is C10H16O6. The highest BCUT2D eigenvalue weighted by Gasteiger charge is 2.54. The second-order valence-electron chi connectivity index (χ2n) is 4.44. The number of ether oxygens (including phenoxy) is 4. The first-order valence-corrected chi connectivity index (χ1v) is 5.21. The van der Waals surface area contributed by atoms with Crippen LogP contribution in [0.4, 0.5) is 0 Å². The Labute approximate surface area is 93.4 Å². The van der Waals surface area contributed by atoms with Gasteiger partial charge >= 0.3 is 5.97 Å². The summed E-state index contributed by atoms with van der Waals surface area (Å²) in [5.41, 5.74) is 0. The van der Waals surface area contributed by atoms with E-state index in [2.05, 4.69) is 0 Å². The van der Waals surface area contributed by atoms with Crippen molar-refractivity contribution in [1.82, 2.24) is 0 Å². The zero-order valence-electron chi connectivity index (χ0n) is 9.50. The summed E-state index contributed by atoms with van der Waals surface area (Å²) in [4.78, 5) is 10.6. The van der Waals surface area contributed by atoms with Crippen LogP contribution < -0.4 is 0 Å². The van der Waals surface area contributed by atoms with Crippen LogP contribution in [0, 0.1) is 0 Å². The number of hydrogen-bond donors (Lipinski definition) is 1. The van der Waals surface area contributed by atoms with E-state index in [9.17, 15) is 9.90 Å². The van der Waals surface area contributed by atoms with Gasteiger partial charge in [0.1, 0.15) is 24.9 Å². The molecule has 0 aromatic heterocycles. The van der Waals surface area contributed by atoms with Gasteiger partial charge in [0.25, 0.3) is 0 Å². The van der Waals surface area contributed by atoms with E-state index in [1.165, 1.54) is 6.92 Å². The van der Waals surface area contributed by atoms with Gasteiger partial charge in [-0.2, -0.15) is 0 Å². The number of aliphatic hydroxyl groups excluding tert-OH is 1. The molecule has 0 radical (unpaired) electrons. The van der Waals surface area contributed by atoms with E-state index >= 15 is 0 Å². The summed E-state index contributed by atoms with van der Waals surface area (Å²) in [6.45, 7) is 4.82. The van der Waals surface area contributed by atoms with Crippen molar-refractivity contribution < 1.29 is 28.8 Å². The summed E-state index contributed by atoms with van der Waals surface area (Å²) < 4.78 is 21.1. The molecule has 4 atom stereocenters. The first kappa shape index (κ1) is 11.8. The zero-order chi connectivity index (χ0) is 11.9. The number of esters is 1. The van der Waals surface area contributed by atoms with Crippen molar-refractivity contribution in [3.05, 3.63) is 0 Å². The maximum atomic E-state index is 10.6. The lowest BCUT2D eigenvalue weighted by molar-refractivity contribution is -0.220. The molecule has 2 aliphatic heterocycles. The molecule has 2 saturated heterocycles. The molecule has 0 bridgehead atoms. The van der Waals surface area contributed by atoms with Gasteiger partial charge in [0.15, 0.2) is 12.1 Å². The lowest BCUT2D eigenvalue weighted by Gasteiger charge is -2.22. The molecule has 2 aliphatic rings. The summed E-state index contributed by atoms with van der Waals surface area (Å²) in [5, 5.41) is 9.88. The van der Waals surface area contributed by atoms with Crippen LogP contribution in [0.1, 0.15) is 20.8 Å². The topological polar surface area (TPSA) is 74.2 Å². The molecule has 2 rings (SSSR count). The largest absolute Gasteiger partial charge is 0.463 e. The van der Waals surface area contributed by atoms with Crippen molar-refractivity contribution in [3.8, 4) is 0 Å². The van der Waals surface area contributed by atoms with Crippen LogP contribution in [0.3, 0.4) is 0 Å². The lowest BCUT2D eigenvalue weighted by Crippen LogP contribution is -2.36. The first-order valence-electron chi connectivity index (χ1n) is 5.21. The van der Waals surface area contributed by atoms with Crippen molar-refractivity contribution in [1.29, 1.82) is 0 Å². The Morgan fingerprint density at radius 2 is 2.12 bits per heavy atom. The summed E-state index contributed by atoms with van der Waals surface area (Å²) in [6.07, 6.45) is -2.54. The highest BCUT2D eigenvalue weighted by Crippen LogP contribution is 2.37. The summed E-state index contributed by atoms with van der Waals surface area (Å²) in [7, 11) is 0. The molecule has 0 aromatic carbocycles. The maximum absolute atomic E-state index is 10.6. The quantitative estimate of drug-likeness (QED) is 0.664. The Kier molecular flexibility index (Phi) is 2.91. The van der Waals surface area contributed by atoms with Gasteiger partial charge in [-0.1, -0.05) is 0 Å². The molecule has 6 nitrogen and oxygen atoms in total. The molecule has 0 aliphatic carbocycles. The molecule has 0 spiro atoms. The molecule has 1 N–H and O–H groups in total. The van der Waals surface area contributed by atoms with Crippen molar-refractivity contribution in [2.45, 2.75) is 51.2 Å². The third kappa shape index (κ3) is 2.20. The molecule has 0 amide bonds. The third-order valence-electron chi connectivity index (χ3n) is 2.57. The molecule has 92 valence electrons. The van der Waals surface area contributed by atoms with Gasteiger partial charge in [-0.05, 0) is 13.8 Å². The predicted molar refractivity (Wildman–Crippen MR) is 51.3 cm³/mol. The normalized spacial score (nSPS) is 40.8. The van der Waals surface area contributed by atoms with Crippen LogP contribution in [-0.2, 0) is 23.7 Å². The van der Waals surface area contributed by atoms with Gasteiger partial charge < -0.3 is 24.1 Å². The number of hydrogen-bond acceptors (Lipinski definition) is 6. The fourth-order valence-corrected chi connectivity index (χ4v) is 1.90. The van der Waals surface area contributed by atoms with Crippen LogP contribution in [0.25, 0.3) is 0 Å². The number of aliphatic hydroxyl groups is 1. The van der Waals surface area contributed by atoms with Crippen molar-refractivity contribution >= 4 is 5.97 Å². The van der Waals surface area contributed by atoms with E-state index in [1.54, 1.807) is 13.8 Å². The smallest absolute Gasteiger partial charge is 0.302 e. The van der Waals surface area contributed by atoms with Crippen molar-refractivity contribution in [2.24, 2.45) is 0 Å². The Bertz CT molecular complexity index is 289. The van der Waals surface area contributed by atoms with E-state index in [0.717, 1.165) is 0 Å². The minimum Gasteiger partial charge on any atom is -0.463 e. The van der Waals surface area contributed by atoms with Crippen LogP contribution in [-0.4, -0.2) is 48.1 Å². The number of rotatable bonds is 2. The van der Waals surface area contributed by atoms with Crippen molar-refractivity contribution in [3.63, 3.8) is 0 Å². The van der Waals surface area contributed by atoms with Gasteiger partial charge in [-0.25, -0.2) is 0 Å². The minimum atomic E-state index is -0.842. The number of carbonyl (C=O) groups is 1. The lowest BCUT2D eigenvalue weighted by atomic mass is 10.1. The molecule has 2 heterocycles. The zero-order valence-corrected chi connectivity index (χ0v) is 9.50. The Morgan fingerprint density at radius 1 is 1.44 bits per heavy atom. The second-order valence-corrected chi connectivity index (χ2v) is 4.44. The summed E-state index contributed by atoms with van der Waals surface area (Å²) in [6, 6.07) is 0. The van der Waals surface area contributed by atoms with E-state index in [1.807, 2.05) is 0 Å². The van der Waals surface area contributed by atoms with Crippen LogP contribution in [0.5, 0.6) is 0 Å². The van der Waals surface area contributed by atoms with E-state index in [0.29, 0.717) is 0 Å². The average Bonchev–Trinajstić information content (AvgIpc) is 2.58. The van der Waals surface area contributed by atoms with E-state index < -0.39 is 36.4 Å². The van der Waals surface area contributed by atoms with Crippen LogP contribution in [0.2, 0.25) is 0 Å². The highest BCUT2D eigenvalue weighted by molar-refractivity contribution is 5.65. The van der Waals surface area contributed by atoms with Crippen molar-refractivity contribution in [2.75, 3.05) is 6.61 Å². The fourth-order valence-electron chi connectivity index (χ4n) is 1.90. The molecule has 16 heavy (non-hydrogen) atoms.